The normalized spacial score (nSPS) is 43.0. The van der Waals surface area contributed by atoms with Crippen LogP contribution in [0.15, 0.2) is 0 Å². The van der Waals surface area contributed by atoms with Crippen LogP contribution in [0.3, 0.4) is 0 Å². The second-order valence-corrected chi connectivity index (χ2v) is 5.12. The maximum atomic E-state index is 9.84. The molecule has 0 aromatic heterocycles. The van der Waals surface area contributed by atoms with Crippen molar-refractivity contribution in [2.45, 2.75) is 45.4 Å². The molecule has 15 heavy (non-hydrogen) atoms. The largest absolute Gasteiger partial charge is 0.394 e. The zero-order valence-corrected chi connectivity index (χ0v) is 9.29. The summed E-state index contributed by atoms with van der Waals surface area (Å²) in [4.78, 5) is 0. The number of aliphatic hydroxyl groups excluding tert-OH is 4. The standard InChI is InChI=1S/C10H20O5/c1-10(2,3)6-5(4-11)15-9(14)8(13)7(6)12/h5-9,11-14H,4H2,1-3H3/t5?,6-,7?,8?,9-/m1/s1. The minimum absolute atomic E-state index is 0.289. The van der Waals surface area contributed by atoms with Crippen LogP contribution in [-0.4, -0.2) is 51.6 Å². The molecule has 90 valence electrons. The molecule has 0 spiro atoms. The van der Waals surface area contributed by atoms with Gasteiger partial charge in [-0.2, -0.15) is 0 Å². The van der Waals surface area contributed by atoms with Gasteiger partial charge < -0.3 is 25.2 Å². The van der Waals surface area contributed by atoms with Crippen LogP contribution in [0.2, 0.25) is 0 Å². The fraction of sp³-hybridized carbons (Fsp3) is 1.00. The Balaban J connectivity index is 2.90. The van der Waals surface area contributed by atoms with E-state index >= 15 is 0 Å². The highest BCUT2D eigenvalue weighted by molar-refractivity contribution is 4.94. The quantitative estimate of drug-likeness (QED) is 0.459. The van der Waals surface area contributed by atoms with Crippen LogP contribution in [0.4, 0.5) is 0 Å². The first-order valence-electron chi connectivity index (χ1n) is 5.09. The van der Waals surface area contributed by atoms with E-state index in [-0.39, 0.29) is 12.0 Å². The lowest BCUT2D eigenvalue weighted by Gasteiger charge is -2.46. The van der Waals surface area contributed by atoms with E-state index < -0.39 is 30.5 Å². The van der Waals surface area contributed by atoms with Crippen LogP contribution in [-0.2, 0) is 4.74 Å². The SMILES string of the molecule is CC(C)(C)[C@@H]1C(CO)O[C@@H](O)C(O)C1O. The van der Waals surface area contributed by atoms with Crippen LogP contribution in [0.5, 0.6) is 0 Å². The molecule has 1 aliphatic rings. The molecule has 1 saturated heterocycles. The van der Waals surface area contributed by atoms with Crippen molar-refractivity contribution in [1.82, 2.24) is 0 Å². The van der Waals surface area contributed by atoms with E-state index in [4.69, 9.17) is 9.84 Å². The van der Waals surface area contributed by atoms with Crippen molar-refractivity contribution in [2.24, 2.45) is 11.3 Å². The number of ether oxygens (including phenoxy) is 1. The second-order valence-electron chi connectivity index (χ2n) is 5.12. The third-order valence-electron chi connectivity index (χ3n) is 2.90. The highest BCUT2D eigenvalue weighted by Crippen LogP contribution is 2.38. The summed E-state index contributed by atoms with van der Waals surface area (Å²) in [7, 11) is 0. The van der Waals surface area contributed by atoms with Gasteiger partial charge in [-0.1, -0.05) is 20.8 Å². The molecular weight excluding hydrogens is 200 g/mol. The number of rotatable bonds is 1. The average Bonchev–Trinajstić information content (AvgIpc) is 2.11. The van der Waals surface area contributed by atoms with Crippen molar-refractivity contribution in [3.63, 3.8) is 0 Å². The highest BCUT2D eigenvalue weighted by Gasteiger charge is 2.48. The Morgan fingerprint density at radius 2 is 1.60 bits per heavy atom. The van der Waals surface area contributed by atoms with Gasteiger partial charge in [0.1, 0.15) is 6.10 Å². The van der Waals surface area contributed by atoms with Gasteiger partial charge in [0.15, 0.2) is 6.29 Å². The van der Waals surface area contributed by atoms with E-state index in [9.17, 15) is 15.3 Å². The Kier molecular flexibility index (Phi) is 3.73. The van der Waals surface area contributed by atoms with Gasteiger partial charge in [0.25, 0.3) is 0 Å². The van der Waals surface area contributed by atoms with Crippen molar-refractivity contribution >= 4 is 0 Å². The summed E-state index contributed by atoms with van der Waals surface area (Å²) < 4.78 is 5.05. The lowest BCUT2D eigenvalue weighted by atomic mass is 9.71. The number of hydrogen-bond donors (Lipinski definition) is 4. The third-order valence-corrected chi connectivity index (χ3v) is 2.90. The molecule has 5 heteroatoms. The Morgan fingerprint density at radius 1 is 1.07 bits per heavy atom. The summed E-state index contributed by atoms with van der Waals surface area (Å²) in [6, 6.07) is 0. The van der Waals surface area contributed by atoms with Gasteiger partial charge in [-0.05, 0) is 5.41 Å². The number of aliphatic hydroxyl groups is 4. The van der Waals surface area contributed by atoms with Crippen molar-refractivity contribution in [3.8, 4) is 0 Å². The molecule has 0 radical (unpaired) electrons. The molecule has 0 bridgehead atoms. The Hall–Kier alpha value is -0.200. The molecule has 0 aromatic carbocycles. The van der Waals surface area contributed by atoms with Crippen LogP contribution in [0.1, 0.15) is 20.8 Å². The maximum Gasteiger partial charge on any atom is 0.183 e. The van der Waals surface area contributed by atoms with Gasteiger partial charge in [0.05, 0.1) is 18.8 Å². The van der Waals surface area contributed by atoms with E-state index in [1.54, 1.807) is 0 Å². The van der Waals surface area contributed by atoms with Crippen LogP contribution < -0.4 is 0 Å². The van der Waals surface area contributed by atoms with E-state index in [0.29, 0.717) is 0 Å². The van der Waals surface area contributed by atoms with Gasteiger partial charge >= 0.3 is 0 Å². The van der Waals surface area contributed by atoms with Gasteiger partial charge in [-0.3, -0.25) is 0 Å². The Labute approximate surface area is 89.3 Å². The molecule has 0 amide bonds. The molecule has 5 nitrogen and oxygen atoms in total. The summed E-state index contributed by atoms with van der Waals surface area (Å²) in [6.45, 7) is 5.37. The summed E-state index contributed by atoms with van der Waals surface area (Å²) in [5.74, 6) is -0.416. The van der Waals surface area contributed by atoms with E-state index in [1.807, 2.05) is 20.8 Å². The first-order chi connectivity index (χ1) is 6.79. The molecular formula is C10H20O5. The predicted octanol–water partition coefficient (Wildman–Crippen LogP) is -0.920. The second kappa shape index (κ2) is 4.35. The predicted molar refractivity (Wildman–Crippen MR) is 52.9 cm³/mol. The fourth-order valence-corrected chi connectivity index (χ4v) is 2.17. The average molecular weight is 220 g/mol. The van der Waals surface area contributed by atoms with Gasteiger partial charge in [-0.25, -0.2) is 0 Å². The smallest absolute Gasteiger partial charge is 0.183 e. The van der Waals surface area contributed by atoms with E-state index in [2.05, 4.69) is 0 Å². The molecule has 1 heterocycles. The van der Waals surface area contributed by atoms with Gasteiger partial charge in [0.2, 0.25) is 0 Å². The van der Waals surface area contributed by atoms with Crippen LogP contribution in [0.25, 0.3) is 0 Å². The zero-order valence-electron chi connectivity index (χ0n) is 9.29. The minimum Gasteiger partial charge on any atom is -0.394 e. The maximum absolute atomic E-state index is 9.84. The summed E-state index contributed by atoms with van der Waals surface area (Å²) >= 11 is 0. The molecule has 1 rings (SSSR count). The van der Waals surface area contributed by atoms with Crippen LogP contribution >= 0.6 is 0 Å². The van der Waals surface area contributed by atoms with Crippen LogP contribution in [0, 0.1) is 11.3 Å². The van der Waals surface area contributed by atoms with E-state index in [0.717, 1.165) is 0 Å². The molecule has 4 N–H and O–H groups in total. The lowest BCUT2D eigenvalue weighted by Crippen LogP contribution is -2.58. The highest BCUT2D eigenvalue weighted by atomic mass is 16.6. The first kappa shape index (κ1) is 12.9. The monoisotopic (exact) mass is 220 g/mol. The lowest BCUT2D eigenvalue weighted by molar-refractivity contribution is -0.286. The molecule has 0 aliphatic carbocycles. The van der Waals surface area contributed by atoms with Crippen molar-refractivity contribution < 1.29 is 25.2 Å². The zero-order chi connectivity index (χ0) is 11.8. The molecule has 3 unspecified atom stereocenters. The Morgan fingerprint density at radius 3 is 2.00 bits per heavy atom. The molecule has 1 fully saturated rings. The molecule has 5 atom stereocenters. The minimum atomic E-state index is -1.43. The van der Waals surface area contributed by atoms with Crippen molar-refractivity contribution in [1.29, 1.82) is 0 Å². The Bertz CT molecular complexity index is 210. The van der Waals surface area contributed by atoms with Crippen molar-refractivity contribution in [3.05, 3.63) is 0 Å². The first-order valence-corrected chi connectivity index (χ1v) is 5.09. The molecule has 1 aliphatic heterocycles. The third kappa shape index (κ3) is 2.49. The van der Waals surface area contributed by atoms with Gasteiger partial charge in [-0.15, -0.1) is 0 Å². The summed E-state index contributed by atoms with van der Waals surface area (Å²) in [5.41, 5.74) is -0.325. The number of hydrogen-bond acceptors (Lipinski definition) is 5. The topological polar surface area (TPSA) is 90.2 Å². The fourth-order valence-electron chi connectivity index (χ4n) is 2.17. The summed E-state index contributed by atoms with van der Waals surface area (Å²) in [6.07, 6.45) is -4.50. The summed E-state index contributed by atoms with van der Waals surface area (Å²) in [5, 5.41) is 37.7. The van der Waals surface area contributed by atoms with E-state index in [1.165, 1.54) is 0 Å². The molecule has 0 aromatic rings. The van der Waals surface area contributed by atoms with Crippen molar-refractivity contribution in [2.75, 3.05) is 6.61 Å². The molecule has 0 saturated carbocycles. The van der Waals surface area contributed by atoms with Gasteiger partial charge in [0, 0.05) is 5.92 Å².